The van der Waals surface area contributed by atoms with Crippen LogP contribution in [0.1, 0.15) is 55.9 Å². The van der Waals surface area contributed by atoms with Gasteiger partial charge in [0.05, 0.1) is 18.4 Å². The van der Waals surface area contributed by atoms with Crippen LogP contribution in [0.3, 0.4) is 0 Å². The van der Waals surface area contributed by atoms with E-state index in [1.807, 2.05) is 36.4 Å². The highest BCUT2D eigenvalue weighted by molar-refractivity contribution is 5.97. The van der Waals surface area contributed by atoms with Crippen molar-refractivity contribution >= 4 is 35.5 Å². The van der Waals surface area contributed by atoms with Crippen molar-refractivity contribution in [1.82, 2.24) is 25.0 Å². The lowest BCUT2D eigenvalue weighted by molar-refractivity contribution is -0.138. The van der Waals surface area contributed by atoms with E-state index in [9.17, 15) is 29.1 Å². The summed E-state index contributed by atoms with van der Waals surface area (Å²) in [6.07, 6.45) is 2.46. The number of unbranched alkanes of at least 4 members (excludes halogenated alkanes) is 2. The molecule has 3 heterocycles. The van der Waals surface area contributed by atoms with E-state index in [0.29, 0.717) is 31.8 Å². The van der Waals surface area contributed by atoms with Gasteiger partial charge in [-0.05, 0) is 31.4 Å². The number of carboxylic acids is 1. The quantitative estimate of drug-likeness (QED) is 0.268. The Hall–Kier alpha value is -4.72. The van der Waals surface area contributed by atoms with Crippen molar-refractivity contribution < 1.29 is 38.6 Å². The Balaban J connectivity index is 1.47. The van der Waals surface area contributed by atoms with E-state index in [1.54, 1.807) is 30.0 Å². The normalized spacial score (nSPS) is 16.6. The van der Waals surface area contributed by atoms with Crippen LogP contribution in [-0.2, 0) is 23.9 Å². The fourth-order valence-electron chi connectivity index (χ4n) is 5.68. The molecule has 0 radical (unpaired) electrons. The van der Waals surface area contributed by atoms with Crippen LogP contribution in [0.2, 0.25) is 0 Å². The Morgan fingerprint density at radius 1 is 1.00 bits per heavy atom. The van der Waals surface area contributed by atoms with Gasteiger partial charge < -0.3 is 39.5 Å². The molecule has 2 saturated heterocycles. The molecule has 0 unspecified atom stereocenters. The Morgan fingerprint density at radius 2 is 1.71 bits per heavy atom. The molecule has 2 fully saturated rings. The van der Waals surface area contributed by atoms with E-state index in [-0.39, 0.29) is 63.3 Å². The average Bonchev–Trinajstić information content (AvgIpc) is 3.59. The summed E-state index contributed by atoms with van der Waals surface area (Å²) < 4.78 is 11.2. The molecule has 0 saturated carbocycles. The molecule has 0 bridgehead atoms. The molecule has 14 heteroatoms. The van der Waals surface area contributed by atoms with Crippen molar-refractivity contribution in [2.45, 2.75) is 57.6 Å². The third-order valence-corrected chi connectivity index (χ3v) is 8.64. The predicted molar refractivity (Wildman–Crippen MR) is 182 cm³/mol. The lowest BCUT2D eigenvalue weighted by Gasteiger charge is -2.36. The van der Waals surface area contributed by atoms with Gasteiger partial charge in [0.1, 0.15) is 18.3 Å². The zero-order valence-electron chi connectivity index (χ0n) is 28.6. The monoisotopic (exact) mass is 680 g/mol. The predicted octanol–water partition coefficient (Wildman–Crippen LogP) is 2.87. The van der Waals surface area contributed by atoms with Crippen LogP contribution in [0.5, 0.6) is 0 Å². The molecule has 2 aliphatic rings. The first-order chi connectivity index (χ1) is 23.5. The maximum atomic E-state index is 13.8. The molecular formula is C35H48N6O8. The van der Waals surface area contributed by atoms with Crippen molar-refractivity contribution in [3.8, 4) is 11.3 Å². The maximum absolute atomic E-state index is 13.8. The number of pyridine rings is 1. The van der Waals surface area contributed by atoms with Crippen LogP contribution in [0.15, 0.2) is 42.5 Å². The van der Waals surface area contributed by atoms with E-state index in [1.165, 1.54) is 4.90 Å². The fourth-order valence-corrected chi connectivity index (χ4v) is 5.68. The topological polar surface area (TPSA) is 162 Å². The Labute approximate surface area is 287 Å². The second-order valence-corrected chi connectivity index (χ2v) is 12.5. The number of hydrogen-bond donors (Lipinski definition) is 2. The number of carboxylic acid groups (broad SMARTS) is 1. The minimum Gasteiger partial charge on any atom is -0.481 e. The summed E-state index contributed by atoms with van der Waals surface area (Å²) in [5.74, 6) is -2.24. The highest BCUT2D eigenvalue weighted by Crippen LogP contribution is 2.28. The molecule has 0 spiro atoms. The molecular weight excluding hydrogens is 632 g/mol. The number of piperazine rings is 1. The van der Waals surface area contributed by atoms with Gasteiger partial charge in [-0.25, -0.2) is 9.78 Å². The summed E-state index contributed by atoms with van der Waals surface area (Å²) in [7, 11) is 3.35. The molecule has 2 N–H and O–H groups in total. The first-order valence-electron chi connectivity index (χ1n) is 16.9. The van der Waals surface area contributed by atoms with E-state index in [0.717, 1.165) is 30.5 Å². The van der Waals surface area contributed by atoms with Gasteiger partial charge in [-0.3, -0.25) is 19.2 Å². The van der Waals surface area contributed by atoms with Gasteiger partial charge in [0.2, 0.25) is 11.8 Å². The third-order valence-electron chi connectivity index (χ3n) is 8.64. The van der Waals surface area contributed by atoms with Crippen molar-refractivity contribution in [3.05, 3.63) is 48.2 Å². The molecule has 0 aliphatic carbocycles. The number of ether oxygens (including phenoxy) is 2. The van der Waals surface area contributed by atoms with E-state index < -0.39 is 29.9 Å². The molecule has 1 aromatic heterocycles. The number of nitrogens with one attached hydrogen (secondary N) is 1. The summed E-state index contributed by atoms with van der Waals surface area (Å²) in [4.78, 5) is 74.7. The minimum absolute atomic E-state index is 0.0191. The van der Waals surface area contributed by atoms with Gasteiger partial charge >= 0.3 is 12.1 Å². The molecule has 2 aliphatic heterocycles. The number of anilines is 1. The number of nitrogens with zero attached hydrogens (tertiary/aromatic N) is 5. The number of carbonyl (C=O) groups is 5. The number of aromatic nitrogens is 1. The molecule has 1 aromatic carbocycles. The molecule has 4 rings (SSSR count). The van der Waals surface area contributed by atoms with E-state index >= 15 is 0 Å². The molecule has 2 aromatic rings. The molecule has 49 heavy (non-hydrogen) atoms. The summed E-state index contributed by atoms with van der Waals surface area (Å²) in [6.45, 7) is 4.54. The van der Waals surface area contributed by atoms with Crippen LogP contribution in [0.4, 0.5) is 10.5 Å². The molecule has 4 amide bonds. The zero-order valence-corrected chi connectivity index (χ0v) is 28.6. The highest BCUT2D eigenvalue weighted by Gasteiger charge is 2.32. The second kappa shape index (κ2) is 18.2. The minimum atomic E-state index is -1.11. The van der Waals surface area contributed by atoms with Gasteiger partial charge in [-0.1, -0.05) is 50.1 Å². The van der Waals surface area contributed by atoms with Crippen LogP contribution >= 0.6 is 0 Å². The van der Waals surface area contributed by atoms with Crippen molar-refractivity contribution in [3.63, 3.8) is 0 Å². The number of amides is 4. The summed E-state index contributed by atoms with van der Waals surface area (Å²) in [5, 5.41) is 12.2. The van der Waals surface area contributed by atoms with Gasteiger partial charge in [-0.2, -0.15) is 0 Å². The number of likely N-dealkylation sites (N-methyl/N-ethyl adjacent to an activating group) is 1. The lowest BCUT2D eigenvalue weighted by atomic mass is 10.1. The zero-order chi connectivity index (χ0) is 35.3. The third kappa shape index (κ3) is 10.9. The van der Waals surface area contributed by atoms with Crippen LogP contribution in [0, 0.1) is 0 Å². The standard InChI is InChI=1S/C35H48N6O8/c1-4-5-9-20-48-35(47)40-18-16-39(17-19-40)34(46)28(12-13-32(43)44)37-33(45)30-22-26(21-29(36-30)25-10-7-6-8-11-25)41-15-14-27(23-41)49-24-31(42)38(2)3/h6-8,10-11,21-22,27-28H,4-5,9,12-20,23-24H2,1-3H3,(H,37,45)(H,43,44)/t27-,28-/m0/s1. The van der Waals surface area contributed by atoms with Crippen molar-refractivity contribution in [2.75, 3.05) is 71.5 Å². The fraction of sp³-hybridized carbons (Fsp3) is 0.543. The van der Waals surface area contributed by atoms with Gasteiger partial charge in [0.25, 0.3) is 5.91 Å². The molecule has 14 nitrogen and oxygen atoms in total. The molecule has 266 valence electrons. The number of rotatable bonds is 15. The summed E-state index contributed by atoms with van der Waals surface area (Å²) >= 11 is 0. The second-order valence-electron chi connectivity index (χ2n) is 12.5. The van der Waals surface area contributed by atoms with Gasteiger partial charge in [0.15, 0.2) is 0 Å². The first-order valence-corrected chi connectivity index (χ1v) is 16.9. The lowest BCUT2D eigenvalue weighted by Crippen LogP contribution is -2.56. The Kier molecular flexibility index (Phi) is 13.7. The maximum Gasteiger partial charge on any atom is 0.409 e. The number of hydrogen-bond acceptors (Lipinski definition) is 9. The van der Waals surface area contributed by atoms with E-state index in [4.69, 9.17) is 9.47 Å². The highest BCUT2D eigenvalue weighted by atomic mass is 16.6. The number of carbonyl (C=O) groups excluding carboxylic acids is 4. The molecule has 2 atom stereocenters. The van der Waals surface area contributed by atoms with Crippen LogP contribution < -0.4 is 10.2 Å². The number of benzene rings is 1. The van der Waals surface area contributed by atoms with Gasteiger partial charge in [0, 0.05) is 71.0 Å². The summed E-state index contributed by atoms with van der Waals surface area (Å²) in [6, 6.07) is 11.8. The van der Waals surface area contributed by atoms with Crippen molar-refractivity contribution in [2.24, 2.45) is 0 Å². The van der Waals surface area contributed by atoms with Gasteiger partial charge in [-0.15, -0.1) is 0 Å². The summed E-state index contributed by atoms with van der Waals surface area (Å²) in [5.41, 5.74) is 2.16. The van der Waals surface area contributed by atoms with Crippen LogP contribution in [0.25, 0.3) is 11.3 Å². The van der Waals surface area contributed by atoms with E-state index in [2.05, 4.69) is 22.1 Å². The van der Waals surface area contributed by atoms with Crippen LogP contribution in [-0.4, -0.2) is 133 Å². The largest absolute Gasteiger partial charge is 0.481 e. The Bertz CT molecular complexity index is 1450. The smallest absolute Gasteiger partial charge is 0.409 e. The Morgan fingerprint density at radius 3 is 2.39 bits per heavy atom. The number of aliphatic carboxylic acids is 1. The SMILES string of the molecule is CCCCCOC(=O)N1CCN(C(=O)[C@H](CCC(=O)O)NC(=O)c2cc(N3CC[C@H](OCC(=O)N(C)C)C3)cc(-c3ccccc3)n2)CC1. The first kappa shape index (κ1) is 37.1. The van der Waals surface area contributed by atoms with Crippen molar-refractivity contribution in [1.29, 1.82) is 0 Å². The average molecular weight is 681 g/mol.